The number of pyridine rings is 1. The molecule has 5 rings (SSSR count). The van der Waals surface area contributed by atoms with Gasteiger partial charge >= 0.3 is 0 Å². The largest absolute Gasteiger partial charge is 0.369 e. The van der Waals surface area contributed by atoms with Crippen LogP contribution in [0.3, 0.4) is 0 Å². The predicted octanol–water partition coefficient (Wildman–Crippen LogP) is 5.73. The molecule has 2 aliphatic rings. The van der Waals surface area contributed by atoms with Gasteiger partial charge in [0.2, 0.25) is 0 Å². The molecule has 0 spiro atoms. The van der Waals surface area contributed by atoms with Gasteiger partial charge in [-0.1, -0.05) is 60.2 Å². The summed E-state index contributed by atoms with van der Waals surface area (Å²) >= 11 is 5.94. The highest BCUT2D eigenvalue weighted by molar-refractivity contribution is 6.30. The number of hydrogen-bond donors (Lipinski definition) is 0. The summed E-state index contributed by atoms with van der Waals surface area (Å²) in [6.45, 7) is 5.75. The molecule has 0 bridgehead atoms. The van der Waals surface area contributed by atoms with E-state index in [9.17, 15) is 0 Å². The molecule has 1 aromatic heterocycles. The van der Waals surface area contributed by atoms with Crippen molar-refractivity contribution in [2.75, 3.05) is 31.1 Å². The van der Waals surface area contributed by atoms with Crippen LogP contribution in [-0.4, -0.2) is 36.1 Å². The number of para-hydroxylation sites is 1. The highest BCUT2D eigenvalue weighted by Gasteiger charge is 2.21. The number of halogens is 1. The standard InChI is InChI=1S/C27H28ClN3O/c28-23-11-12-24(29-18-23)20-32-27-8-4-5-22-10-9-21(17-26(22)27)19-30-13-15-31(16-14-30)25-6-2-1-3-7-25/h1-7,9-12,17-18,27H,8,13-16,19-20H2. The van der Waals surface area contributed by atoms with E-state index in [4.69, 9.17) is 16.3 Å². The van der Waals surface area contributed by atoms with E-state index in [1.807, 2.05) is 12.1 Å². The second-order valence-corrected chi connectivity index (χ2v) is 8.90. The lowest BCUT2D eigenvalue weighted by atomic mass is 9.92. The van der Waals surface area contributed by atoms with E-state index in [0.717, 1.165) is 44.8 Å². The van der Waals surface area contributed by atoms with Crippen LogP contribution in [0.4, 0.5) is 5.69 Å². The van der Waals surface area contributed by atoms with Gasteiger partial charge in [0, 0.05) is 44.6 Å². The lowest BCUT2D eigenvalue weighted by Gasteiger charge is -2.36. The lowest BCUT2D eigenvalue weighted by Crippen LogP contribution is -2.45. The number of fused-ring (bicyclic) bond motifs is 1. The van der Waals surface area contributed by atoms with Crippen molar-refractivity contribution in [3.05, 3.63) is 100 Å². The van der Waals surface area contributed by atoms with E-state index in [0.29, 0.717) is 11.6 Å². The van der Waals surface area contributed by atoms with Gasteiger partial charge in [-0.25, -0.2) is 0 Å². The zero-order valence-corrected chi connectivity index (χ0v) is 18.9. The first kappa shape index (κ1) is 21.2. The number of ether oxygens (including phenoxy) is 1. The number of aromatic nitrogens is 1. The van der Waals surface area contributed by atoms with Crippen molar-refractivity contribution in [1.29, 1.82) is 0 Å². The molecule has 32 heavy (non-hydrogen) atoms. The van der Waals surface area contributed by atoms with Gasteiger partial charge in [0.25, 0.3) is 0 Å². The first-order valence-corrected chi connectivity index (χ1v) is 11.7. The monoisotopic (exact) mass is 445 g/mol. The van der Waals surface area contributed by atoms with Crippen molar-refractivity contribution in [2.45, 2.75) is 25.7 Å². The number of nitrogens with zero attached hydrogens (tertiary/aromatic N) is 3. The minimum absolute atomic E-state index is 0.0577. The van der Waals surface area contributed by atoms with Crippen molar-refractivity contribution in [3.8, 4) is 0 Å². The molecule has 1 atom stereocenters. The number of rotatable bonds is 6. The number of piperazine rings is 1. The molecule has 1 saturated heterocycles. The zero-order valence-electron chi connectivity index (χ0n) is 18.2. The molecule has 2 heterocycles. The van der Waals surface area contributed by atoms with Gasteiger partial charge in [-0.05, 0) is 47.4 Å². The maximum absolute atomic E-state index is 6.27. The summed E-state index contributed by atoms with van der Waals surface area (Å²) in [6.07, 6.45) is 7.02. The van der Waals surface area contributed by atoms with Crippen LogP contribution in [0.5, 0.6) is 0 Å². The van der Waals surface area contributed by atoms with Crippen LogP contribution < -0.4 is 4.90 Å². The summed E-state index contributed by atoms with van der Waals surface area (Å²) in [5.74, 6) is 0. The quantitative estimate of drug-likeness (QED) is 0.484. The molecule has 0 amide bonds. The summed E-state index contributed by atoms with van der Waals surface area (Å²) in [4.78, 5) is 9.38. The van der Waals surface area contributed by atoms with Crippen LogP contribution in [0.2, 0.25) is 5.02 Å². The molecule has 3 aromatic rings. The SMILES string of the molecule is Clc1ccc(COC2CC=Cc3ccc(CN4CCN(c5ccccc5)CC4)cc32)nc1. The van der Waals surface area contributed by atoms with Gasteiger partial charge in [-0.2, -0.15) is 0 Å². The maximum atomic E-state index is 6.27. The Kier molecular flexibility index (Phi) is 6.54. The van der Waals surface area contributed by atoms with Crippen molar-refractivity contribution < 1.29 is 4.74 Å². The Labute approximate surface area is 195 Å². The van der Waals surface area contributed by atoms with Gasteiger partial charge in [-0.3, -0.25) is 9.88 Å². The molecule has 5 heteroatoms. The third-order valence-corrected chi connectivity index (χ3v) is 6.49. The zero-order chi connectivity index (χ0) is 21.8. The van der Waals surface area contributed by atoms with Crippen LogP contribution in [0, 0.1) is 0 Å². The van der Waals surface area contributed by atoms with Crippen LogP contribution in [0.25, 0.3) is 6.08 Å². The molecular formula is C27H28ClN3O. The average molecular weight is 446 g/mol. The number of benzene rings is 2. The Morgan fingerprint density at radius 3 is 2.59 bits per heavy atom. The Bertz CT molecular complexity index is 1060. The Morgan fingerprint density at radius 1 is 0.969 bits per heavy atom. The minimum atomic E-state index is 0.0577. The fourth-order valence-electron chi connectivity index (χ4n) is 4.50. The molecule has 1 unspecified atom stereocenters. The van der Waals surface area contributed by atoms with Gasteiger partial charge in [-0.15, -0.1) is 0 Å². The molecule has 4 nitrogen and oxygen atoms in total. The third kappa shape index (κ3) is 5.04. The van der Waals surface area contributed by atoms with Crippen molar-refractivity contribution in [1.82, 2.24) is 9.88 Å². The molecule has 0 N–H and O–H groups in total. The van der Waals surface area contributed by atoms with Gasteiger partial charge in [0.15, 0.2) is 0 Å². The molecule has 0 radical (unpaired) electrons. The molecule has 1 aliphatic heterocycles. The Balaban J connectivity index is 1.21. The summed E-state index contributed by atoms with van der Waals surface area (Å²) in [5, 5.41) is 0.647. The van der Waals surface area contributed by atoms with Gasteiger partial charge in [0.05, 0.1) is 23.4 Å². The summed E-state index contributed by atoms with van der Waals surface area (Å²) < 4.78 is 6.27. The van der Waals surface area contributed by atoms with E-state index in [1.54, 1.807) is 6.20 Å². The first-order chi connectivity index (χ1) is 15.7. The Hall–Kier alpha value is -2.66. The van der Waals surface area contributed by atoms with Crippen molar-refractivity contribution >= 4 is 23.4 Å². The minimum Gasteiger partial charge on any atom is -0.369 e. The molecule has 2 aromatic carbocycles. The highest BCUT2D eigenvalue weighted by atomic mass is 35.5. The molecule has 0 saturated carbocycles. The molecule has 1 fully saturated rings. The number of anilines is 1. The van der Waals surface area contributed by atoms with E-state index < -0.39 is 0 Å². The summed E-state index contributed by atoms with van der Waals surface area (Å²) in [5.41, 5.74) is 6.11. The van der Waals surface area contributed by atoms with Crippen LogP contribution >= 0.6 is 11.6 Å². The van der Waals surface area contributed by atoms with Crippen molar-refractivity contribution in [3.63, 3.8) is 0 Å². The van der Waals surface area contributed by atoms with Crippen molar-refractivity contribution in [2.24, 2.45) is 0 Å². The van der Waals surface area contributed by atoms with Gasteiger partial charge < -0.3 is 9.64 Å². The second-order valence-electron chi connectivity index (χ2n) is 8.47. The van der Waals surface area contributed by atoms with E-state index in [-0.39, 0.29) is 6.10 Å². The lowest BCUT2D eigenvalue weighted by molar-refractivity contribution is 0.0389. The predicted molar refractivity (Wildman–Crippen MR) is 131 cm³/mol. The van der Waals surface area contributed by atoms with E-state index in [1.165, 1.54) is 22.4 Å². The van der Waals surface area contributed by atoms with Crippen LogP contribution in [0.15, 0.2) is 72.9 Å². The molecule has 1 aliphatic carbocycles. The Morgan fingerprint density at radius 2 is 1.81 bits per heavy atom. The average Bonchev–Trinajstić information content (AvgIpc) is 2.85. The van der Waals surface area contributed by atoms with E-state index >= 15 is 0 Å². The summed E-state index contributed by atoms with van der Waals surface area (Å²) in [6, 6.07) is 21.3. The topological polar surface area (TPSA) is 28.6 Å². The second kappa shape index (κ2) is 9.86. The van der Waals surface area contributed by atoms with E-state index in [2.05, 4.69) is 75.5 Å². The van der Waals surface area contributed by atoms with Gasteiger partial charge in [0.1, 0.15) is 0 Å². The fourth-order valence-corrected chi connectivity index (χ4v) is 4.61. The van der Waals surface area contributed by atoms with Crippen LogP contribution in [0.1, 0.15) is 34.9 Å². The fraction of sp³-hybridized carbons (Fsp3) is 0.296. The normalized spacial score (nSPS) is 18.5. The summed E-state index contributed by atoms with van der Waals surface area (Å²) in [7, 11) is 0. The number of hydrogen-bond acceptors (Lipinski definition) is 4. The molecular weight excluding hydrogens is 418 g/mol. The molecule has 164 valence electrons. The smallest absolute Gasteiger partial charge is 0.0896 e. The third-order valence-electron chi connectivity index (χ3n) is 6.27. The first-order valence-electron chi connectivity index (χ1n) is 11.3. The highest BCUT2D eigenvalue weighted by Crippen LogP contribution is 2.32. The van der Waals surface area contributed by atoms with Crippen LogP contribution in [-0.2, 0) is 17.9 Å². The maximum Gasteiger partial charge on any atom is 0.0896 e.